The van der Waals surface area contributed by atoms with E-state index in [-0.39, 0.29) is 5.56 Å². The van der Waals surface area contributed by atoms with Crippen molar-refractivity contribution in [2.24, 2.45) is 0 Å². The monoisotopic (exact) mass is 281 g/mol. The van der Waals surface area contributed by atoms with E-state index in [2.05, 4.69) is 4.98 Å². The molecule has 106 valence electrons. The predicted molar refractivity (Wildman–Crippen MR) is 80.8 cm³/mol. The van der Waals surface area contributed by atoms with Crippen molar-refractivity contribution < 1.29 is 14.6 Å². The predicted octanol–water partition coefficient (Wildman–Crippen LogP) is 3.75. The number of carboxylic acid groups (broad SMARTS) is 1. The highest BCUT2D eigenvalue weighted by Crippen LogP contribution is 2.24. The Bertz CT molecular complexity index is 805. The summed E-state index contributed by atoms with van der Waals surface area (Å²) in [6.07, 6.45) is 1.80. The number of H-pyrrole nitrogens is 1. The molecular weight excluding hydrogens is 266 g/mol. The van der Waals surface area contributed by atoms with Crippen LogP contribution in [-0.2, 0) is 6.61 Å². The standard InChI is InChI=1S/C17H15NO3/c1-11-4-2-5-13(8-11)21-10-12-9-18-15-7-3-6-14(16(12)15)17(19)20/h2-9,18H,10H2,1H3,(H,19,20). The molecule has 2 N–H and O–H groups in total. The van der Waals surface area contributed by atoms with Crippen LogP contribution in [0.2, 0.25) is 0 Å². The van der Waals surface area contributed by atoms with E-state index >= 15 is 0 Å². The van der Waals surface area contributed by atoms with Crippen molar-refractivity contribution in [1.82, 2.24) is 4.98 Å². The Hall–Kier alpha value is -2.75. The third-order valence-corrected chi connectivity index (χ3v) is 3.40. The second-order valence-corrected chi connectivity index (χ2v) is 4.95. The molecule has 0 bridgehead atoms. The molecule has 0 saturated carbocycles. The highest BCUT2D eigenvalue weighted by molar-refractivity contribution is 6.04. The van der Waals surface area contributed by atoms with E-state index in [0.717, 1.165) is 22.4 Å². The number of carboxylic acids is 1. The Labute approximate surface area is 122 Å². The molecule has 0 fully saturated rings. The number of aromatic carboxylic acids is 1. The van der Waals surface area contributed by atoms with Crippen LogP contribution in [0.1, 0.15) is 21.5 Å². The fourth-order valence-electron chi connectivity index (χ4n) is 2.41. The van der Waals surface area contributed by atoms with Gasteiger partial charge in [-0.25, -0.2) is 4.79 Å². The summed E-state index contributed by atoms with van der Waals surface area (Å²) in [6, 6.07) is 13.0. The maximum absolute atomic E-state index is 11.3. The minimum atomic E-state index is -0.933. The Morgan fingerprint density at radius 3 is 2.81 bits per heavy atom. The zero-order valence-corrected chi connectivity index (χ0v) is 11.6. The zero-order valence-electron chi connectivity index (χ0n) is 11.6. The van der Waals surface area contributed by atoms with Crippen LogP contribution < -0.4 is 4.74 Å². The van der Waals surface area contributed by atoms with Crippen molar-refractivity contribution in [2.75, 3.05) is 0 Å². The number of carbonyl (C=O) groups is 1. The maximum Gasteiger partial charge on any atom is 0.336 e. The Morgan fingerprint density at radius 2 is 2.05 bits per heavy atom. The van der Waals surface area contributed by atoms with Crippen LogP contribution in [0, 0.1) is 6.92 Å². The second kappa shape index (κ2) is 5.32. The largest absolute Gasteiger partial charge is 0.489 e. The number of rotatable bonds is 4. The molecule has 0 atom stereocenters. The highest BCUT2D eigenvalue weighted by atomic mass is 16.5. The van der Waals surface area contributed by atoms with E-state index in [0.29, 0.717) is 12.0 Å². The normalized spacial score (nSPS) is 10.7. The summed E-state index contributed by atoms with van der Waals surface area (Å²) in [7, 11) is 0. The highest BCUT2D eigenvalue weighted by Gasteiger charge is 2.13. The van der Waals surface area contributed by atoms with Gasteiger partial charge in [-0.3, -0.25) is 0 Å². The summed E-state index contributed by atoms with van der Waals surface area (Å²) >= 11 is 0. The molecule has 2 aromatic carbocycles. The lowest BCUT2D eigenvalue weighted by Crippen LogP contribution is -2.00. The SMILES string of the molecule is Cc1cccc(OCc2c[nH]c3cccc(C(=O)O)c23)c1. The lowest BCUT2D eigenvalue weighted by molar-refractivity contribution is 0.0699. The van der Waals surface area contributed by atoms with Crippen molar-refractivity contribution in [3.05, 3.63) is 65.4 Å². The fraction of sp³-hybridized carbons (Fsp3) is 0.118. The second-order valence-electron chi connectivity index (χ2n) is 4.95. The summed E-state index contributed by atoms with van der Waals surface area (Å²) in [5, 5.41) is 10.00. The van der Waals surface area contributed by atoms with E-state index in [9.17, 15) is 9.90 Å². The van der Waals surface area contributed by atoms with Crippen molar-refractivity contribution in [3.63, 3.8) is 0 Å². The van der Waals surface area contributed by atoms with E-state index in [1.807, 2.05) is 37.3 Å². The molecule has 0 aliphatic rings. The van der Waals surface area contributed by atoms with Gasteiger partial charge in [-0.05, 0) is 36.8 Å². The van der Waals surface area contributed by atoms with Gasteiger partial charge in [-0.1, -0.05) is 18.2 Å². The lowest BCUT2D eigenvalue weighted by Gasteiger charge is -2.07. The van der Waals surface area contributed by atoms with Gasteiger partial charge >= 0.3 is 5.97 Å². The number of nitrogens with one attached hydrogen (secondary N) is 1. The molecule has 3 aromatic rings. The van der Waals surface area contributed by atoms with E-state index in [1.54, 1.807) is 18.3 Å². The molecule has 3 rings (SSSR count). The van der Waals surface area contributed by atoms with E-state index in [1.165, 1.54) is 0 Å². The summed E-state index contributed by atoms with van der Waals surface area (Å²) < 4.78 is 5.76. The number of benzene rings is 2. The minimum Gasteiger partial charge on any atom is -0.489 e. The molecule has 0 aliphatic heterocycles. The van der Waals surface area contributed by atoms with Gasteiger partial charge in [0.2, 0.25) is 0 Å². The van der Waals surface area contributed by atoms with Gasteiger partial charge in [0.1, 0.15) is 12.4 Å². The Kier molecular flexibility index (Phi) is 3.36. The van der Waals surface area contributed by atoms with E-state index < -0.39 is 5.97 Å². The maximum atomic E-state index is 11.3. The van der Waals surface area contributed by atoms with Crippen LogP contribution in [0.15, 0.2) is 48.7 Å². The topological polar surface area (TPSA) is 62.3 Å². The van der Waals surface area contributed by atoms with Gasteiger partial charge in [-0.15, -0.1) is 0 Å². The van der Waals surface area contributed by atoms with Crippen molar-refractivity contribution in [2.45, 2.75) is 13.5 Å². The Morgan fingerprint density at radius 1 is 1.24 bits per heavy atom. The van der Waals surface area contributed by atoms with Crippen molar-refractivity contribution >= 4 is 16.9 Å². The van der Waals surface area contributed by atoms with Crippen LogP contribution in [0.5, 0.6) is 5.75 Å². The van der Waals surface area contributed by atoms with Gasteiger partial charge < -0.3 is 14.8 Å². The van der Waals surface area contributed by atoms with E-state index in [4.69, 9.17) is 4.74 Å². The molecular formula is C17H15NO3. The molecule has 0 saturated heterocycles. The van der Waals surface area contributed by atoms with Crippen LogP contribution in [0.25, 0.3) is 10.9 Å². The number of aromatic amines is 1. The number of aryl methyl sites for hydroxylation is 1. The molecule has 21 heavy (non-hydrogen) atoms. The van der Waals surface area contributed by atoms with Crippen molar-refractivity contribution in [3.8, 4) is 5.75 Å². The van der Waals surface area contributed by atoms with Gasteiger partial charge in [0.15, 0.2) is 0 Å². The molecule has 0 spiro atoms. The third-order valence-electron chi connectivity index (χ3n) is 3.40. The minimum absolute atomic E-state index is 0.289. The van der Waals surface area contributed by atoms with Gasteiger partial charge in [-0.2, -0.15) is 0 Å². The molecule has 0 aliphatic carbocycles. The van der Waals surface area contributed by atoms with Crippen LogP contribution in [0.3, 0.4) is 0 Å². The molecule has 1 heterocycles. The number of ether oxygens (including phenoxy) is 1. The van der Waals surface area contributed by atoms with Crippen LogP contribution in [-0.4, -0.2) is 16.1 Å². The van der Waals surface area contributed by atoms with Crippen molar-refractivity contribution in [1.29, 1.82) is 0 Å². The smallest absolute Gasteiger partial charge is 0.336 e. The quantitative estimate of drug-likeness (QED) is 0.765. The first-order chi connectivity index (χ1) is 10.1. The summed E-state index contributed by atoms with van der Waals surface area (Å²) in [5.74, 6) is -0.158. The molecule has 1 aromatic heterocycles. The summed E-state index contributed by atoms with van der Waals surface area (Å²) in [5.41, 5.74) is 3.05. The molecule has 4 nitrogen and oxygen atoms in total. The first kappa shape index (κ1) is 13.2. The lowest BCUT2D eigenvalue weighted by atomic mass is 10.1. The van der Waals surface area contributed by atoms with Gasteiger partial charge in [0, 0.05) is 22.7 Å². The van der Waals surface area contributed by atoms with Crippen LogP contribution in [0.4, 0.5) is 0 Å². The Balaban J connectivity index is 1.92. The van der Waals surface area contributed by atoms with Gasteiger partial charge in [0.25, 0.3) is 0 Å². The summed E-state index contributed by atoms with van der Waals surface area (Å²) in [4.78, 5) is 14.4. The number of aromatic nitrogens is 1. The van der Waals surface area contributed by atoms with Crippen LogP contribution >= 0.6 is 0 Å². The number of fused-ring (bicyclic) bond motifs is 1. The van der Waals surface area contributed by atoms with Gasteiger partial charge in [0.05, 0.1) is 5.56 Å². The first-order valence-electron chi connectivity index (χ1n) is 6.67. The number of hydrogen-bond acceptors (Lipinski definition) is 2. The average Bonchev–Trinajstić information content (AvgIpc) is 2.88. The first-order valence-corrected chi connectivity index (χ1v) is 6.67. The molecule has 0 amide bonds. The molecule has 0 unspecified atom stereocenters. The molecule has 4 heteroatoms. The fourth-order valence-corrected chi connectivity index (χ4v) is 2.41. The molecule has 0 radical (unpaired) electrons. The zero-order chi connectivity index (χ0) is 14.8. The number of hydrogen-bond donors (Lipinski definition) is 2. The summed E-state index contributed by atoms with van der Waals surface area (Å²) in [6.45, 7) is 2.33. The average molecular weight is 281 g/mol. The third kappa shape index (κ3) is 2.60.